The van der Waals surface area contributed by atoms with Gasteiger partial charge in [-0.1, -0.05) is 29.8 Å². The van der Waals surface area contributed by atoms with Crippen LogP contribution in [0.5, 0.6) is 0 Å². The van der Waals surface area contributed by atoms with Gasteiger partial charge < -0.3 is 9.32 Å². The van der Waals surface area contributed by atoms with Crippen LogP contribution in [0, 0.1) is 5.82 Å². The number of hydrogen-bond donors (Lipinski definition) is 0. The van der Waals surface area contributed by atoms with Gasteiger partial charge in [-0.15, -0.1) is 10.2 Å². The molecule has 7 heteroatoms. The number of carbonyl (C=O) groups is 1. The fourth-order valence-electron chi connectivity index (χ4n) is 2.89. The molecule has 0 N–H and O–H groups in total. The van der Waals surface area contributed by atoms with Gasteiger partial charge in [0.1, 0.15) is 5.82 Å². The Balaban J connectivity index is 1.48. The highest BCUT2D eigenvalue weighted by molar-refractivity contribution is 6.30. The molecule has 1 amide bonds. The summed E-state index contributed by atoms with van der Waals surface area (Å²) in [4.78, 5) is 14.4. The number of amides is 1. The number of rotatable bonds is 6. The summed E-state index contributed by atoms with van der Waals surface area (Å²) in [6.07, 6.45) is 1.88. The third-order valence-electron chi connectivity index (χ3n) is 4.47. The van der Waals surface area contributed by atoms with Crippen LogP contribution in [-0.4, -0.2) is 27.0 Å². The van der Waals surface area contributed by atoms with Crippen LogP contribution in [0.15, 0.2) is 52.9 Å². The maximum atomic E-state index is 13.9. The molecule has 0 bridgehead atoms. The van der Waals surface area contributed by atoms with Crippen LogP contribution in [0.2, 0.25) is 5.02 Å². The molecule has 0 atom stereocenters. The van der Waals surface area contributed by atoms with E-state index in [2.05, 4.69) is 10.2 Å². The molecule has 1 aromatic heterocycles. The fraction of sp³-hybridized carbons (Fsp3) is 0.250. The van der Waals surface area contributed by atoms with E-state index in [1.165, 1.54) is 6.07 Å². The highest BCUT2D eigenvalue weighted by Crippen LogP contribution is 2.29. The molecule has 0 radical (unpaired) electrons. The molecule has 1 aliphatic carbocycles. The molecular weight excluding hydrogens is 369 g/mol. The number of hydrogen-bond acceptors (Lipinski definition) is 4. The summed E-state index contributed by atoms with van der Waals surface area (Å²) in [6.45, 7) is 0.221. The highest BCUT2D eigenvalue weighted by Gasteiger charge is 2.34. The number of aromatic nitrogens is 2. The molecule has 27 heavy (non-hydrogen) atoms. The van der Waals surface area contributed by atoms with Gasteiger partial charge in [0.05, 0.1) is 13.0 Å². The van der Waals surface area contributed by atoms with Gasteiger partial charge in [0, 0.05) is 16.6 Å². The van der Waals surface area contributed by atoms with E-state index >= 15 is 0 Å². The van der Waals surface area contributed by atoms with Crippen molar-refractivity contribution in [3.63, 3.8) is 0 Å². The standard InChI is InChI=1S/C20H17ClFN3O2/c21-15-7-5-13(6-8-15)20-24-23-18(27-20)12-25(16-9-10-16)19(26)11-14-3-1-2-4-17(14)22/h1-8,16H,9-12H2. The maximum absolute atomic E-state index is 13.9. The van der Waals surface area contributed by atoms with Crippen LogP contribution in [-0.2, 0) is 17.8 Å². The normalized spacial score (nSPS) is 13.6. The maximum Gasteiger partial charge on any atom is 0.247 e. The van der Waals surface area contributed by atoms with Crippen LogP contribution >= 0.6 is 11.6 Å². The van der Waals surface area contributed by atoms with Crippen molar-refractivity contribution >= 4 is 17.5 Å². The monoisotopic (exact) mass is 385 g/mol. The predicted molar refractivity (Wildman–Crippen MR) is 98.4 cm³/mol. The molecule has 4 rings (SSSR count). The first-order valence-corrected chi connectivity index (χ1v) is 9.09. The van der Waals surface area contributed by atoms with Gasteiger partial charge in [-0.2, -0.15) is 0 Å². The molecule has 5 nitrogen and oxygen atoms in total. The Bertz CT molecular complexity index is 954. The summed E-state index contributed by atoms with van der Waals surface area (Å²) in [5.41, 5.74) is 1.15. The topological polar surface area (TPSA) is 59.2 Å². The number of nitrogens with zero attached hydrogens (tertiary/aromatic N) is 3. The summed E-state index contributed by atoms with van der Waals surface area (Å²) in [7, 11) is 0. The minimum Gasteiger partial charge on any atom is -0.419 e. The number of carbonyl (C=O) groups excluding carboxylic acids is 1. The van der Waals surface area contributed by atoms with Gasteiger partial charge in [-0.3, -0.25) is 4.79 Å². The van der Waals surface area contributed by atoms with Crippen molar-refractivity contribution in [2.75, 3.05) is 0 Å². The average Bonchev–Trinajstić information content (AvgIpc) is 3.40. The van der Waals surface area contributed by atoms with E-state index < -0.39 is 0 Å². The molecule has 0 saturated heterocycles. The first-order chi connectivity index (χ1) is 13.1. The molecule has 1 saturated carbocycles. The molecule has 0 spiro atoms. The van der Waals surface area contributed by atoms with E-state index in [1.54, 1.807) is 47.4 Å². The SMILES string of the molecule is O=C(Cc1ccccc1F)N(Cc1nnc(-c2ccc(Cl)cc2)o1)C1CC1. The zero-order chi connectivity index (χ0) is 18.8. The first kappa shape index (κ1) is 17.7. The third kappa shape index (κ3) is 4.17. The van der Waals surface area contributed by atoms with Crippen molar-refractivity contribution in [1.82, 2.24) is 15.1 Å². The van der Waals surface area contributed by atoms with E-state index in [-0.39, 0.29) is 30.7 Å². The van der Waals surface area contributed by atoms with Gasteiger partial charge >= 0.3 is 0 Å². The lowest BCUT2D eigenvalue weighted by Crippen LogP contribution is -2.34. The summed E-state index contributed by atoms with van der Waals surface area (Å²) in [5, 5.41) is 8.73. The van der Waals surface area contributed by atoms with Crippen LogP contribution in [0.4, 0.5) is 4.39 Å². The Hall–Kier alpha value is -2.73. The smallest absolute Gasteiger partial charge is 0.247 e. The molecule has 1 heterocycles. The lowest BCUT2D eigenvalue weighted by atomic mass is 10.1. The average molecular weight is 386 g/mol. The second kappa shape index (κ2) is 7.48. The van der Waals surface area contributed by atoms with Gasteiger partial charge in [0.25, 0.3) is 0 Å². The Morgan fingerprint density at radius 3 is 2.59 bits per heavy atom. The van der Waals surface area contributed by atoms with Crippen molar-refractivity contribution in [3.8, 4) is 11.5 Å². The molecule has 138 valence electrons. The highest BCUT2D eigenvalue weighted by atomic mass is 35.5. The van der Waals surface area contributed by atoms with Crippen LogP contribution in [0.3, 0.4) is 0 Å². The molecule has 2 aromatic carbocycles. The van der Waals surface area contributed by atoms with E-state index in [0.717, 1.165) is 18.4 Å². The molecule has 1 aliphatic rings. The lowest BCUT2D eigenvalue weighted by Gasteiger charge is -2.20. The van der Waals surface area contributed by atoms with Crippen LogP contribution < -0.4 is 0 Å². The van der Waals surface area contributed by atoms with Crippen LogP contribution in [0.1, 0.15) is 24.3 Å². The van der Waals surface area contributed by atoms with E-state index in [1.807, 2.05) is 0 Å². The van der Waals surface area contributed by atoms with Crippen LogP contribution in [0.25, 0.3) is 11.5 Å². The number of benzene rings is 2. The Labute approximate surface area is 160 Å². The van der Waals surface area contributed by atoms with Gasteiger partial charge in [0.15, 0.2) is 0 Å². The van der Waals surface area contributed by atoms with Gasteiger partial charge in [-0.25, -0.2) is 4.39 Å². The minimum absolute atomic E-state index is 0.0152. The van der Waals surface area contributed by atoms with Crippen molar-refractivity contribution < 1.29 is 13.6 Å². The lowest BCUT2D eigenvalue weighted by molar-refractivity contribution is -0.132. The second-order valence-corrected chi connectivity index (χ2v) is 6.97. The molecule has 1 fully saturated rings. The predicted octanol–water partition coefficient (Wildman–Crippen LogP) is 4.26. The Kier molecular flexibility index (Phi) is 4.90. The van der Waals surface area contributed by atoms with Crippen molar-refractivity contribution in [1.29, 1.82) is 0 Å². The molecule has 0 aliphatic heterocycles. The van der Waals surface area contributed by atoms with Gasteiger partial charge in [-0.05, 0) is 48.7 Å². The van der Waals surface area contributed by atoms with E-state index in [0.29, 0.717) is 22.4 Å². The van der Waals surface area contributed by atoms with Gasteiger partial charge in [0.2, 0.25) is 17.7 Å². The zero-order valence-electron chi connectivity index (χ0n) is 14.4. The van der Waals surface area contributed by atoms with Crippen molar-refractivity contribution in [3.05, 3.63) is 70.8 Å². The van der Waals surface area contributed by atoms with Crippen molar-refractivity contribution in [2.45, 2.75) is 31.8 Å². The largest absolute Gasteiger partial charge is 0.419 e. The zero-order valence-corrected chi connectivity index (χ0v) is 15.2. The fourth-order valence-corrected chi connectivity index (χ4v) is 3.01. The number of halogens is 2. The van der Waals surface area contributed by atoms with Crippen molar-refractivity contribution in [2.24, 2.45) is 0 Å². The van der Waals surface area contributed by atoms with E-state index in [9.17, 15) is 9.18 Å². The summed E-state index contributed by atoms with van der Waals surface area (Å²) >= 11 is 5.89. The second-order valence-electron chi connectivity index (χ2n) is 6.53. The van der Waals surface area contributed by atoms with E-state index in [4.69, 9.17) is 16.0 Å². The molecule has 3 aromatic rings. The quantitative estimate of drug-likeness (QED) is 0.636. The summed E-state index contributed by atoms with van der Waals surface area (Å²) < 4.78 is 19.6. The minimum atomic E-state index is -0.371. The molecule has 0 unspecified atom stereocenters. The summed E-state index contributed by atoms with van der Waals surface area (Å²) in [6, 6.07) is 13.6. The Morgan fingerprint density at radius 1 is 1.15 bits per heavy atom. The third-order valence-corrected chi connectivity index (χ3v) is 4.72. The molecular formula is C20H17ClFN3O2. The first-order valence-electron chi connectivity index (χ1n) is 8.71. The summed E-state index contributed by atoms with van der Waals surface area (Å²) in [5.74, 6) is 0.214. The Morgan fingerprint density at radius 2 is 1.89 bits per heavy atom.